The van der Waals surface area contributed by atoms with E-state index >= 15 is 0 Å². The van der Waals surface area contributed by atoms with Gasteiger partial charge in [-0.1, -0.05) is 50.0 Å². The van der Waals surface area contributed by atoms with Crippen LogP contribution in [-0.4, -0.2) is 17.2 Å². The summed E-state index contributed by atoms with van der Waals surface area (Å²) in [6, 6.07) is 0. The molecule has 0 amide bonds. The molecule has 3 heteroatoms. The fraction of sp³-hybridized carbons (Fsp3) is 0.650. The van der Waals surface area contributed by atoms with Crippen molar-refractivity contribution in [2.75, 3.05) is 0 Å². The van der Waals surface area contributed by atoms with E-state index in [1.165, 1.54) is 32.1 Å². The molecule has 0 spiro atoms. The predicted octanol–water partition coefficient (Wildman–Crippen LogP) is 5.78. The van der Waals surface area contributed by atoms with E-state index in [4.69, 9.17) is 9.84 Å². The van der Waals surface area contributed by atoms with Crippen molar-refractivity contribution in [1.82, 2.24) is 0 Å². The summed E-state index contributed by atoms with van der Waals surface area (Å²) >= 11 is 0. The van der Waals surface area contributed by atoms with Crippen molar-refractivity contribution in [2.45, 2.75) is 83.2 Å². The monoisotopic (exact) mass is 320 g/mol. The molecule has 0 aliphatic carbocycles. The van der Waals surface area contributed by atoms with Crippen molar-refractivity contribution in [3.63, 3.8) is 0 Å². The van der Waals surface area contributed by atoms with E-state index in [1.807, 2.05) is 24.5 Å². The number of rotatable bonds is 8. The van der Waals surface area contributed by atoms with Gasteiger partial charge >= 0.3 is 5.97 Å². The molecule has 3 nitrogen and oxygen atoms in total. The normalized spacial score (nSPS) is 23.6. The topological polar surface area (TPSA) is 46.5 Å². The van der Waals surface area contributed by atoms with Crippen LogP contribution in [0.15, 0.2) is 36.6 Å². The fourth-order valence-corrected chi connectivity index (χ4v) is 2.77. The number of allylic oxidation sites excluding steroid dienone is 5. The van der Waals surface area contributed by atoms with Gasteiger partial charge in [-0.15, -0.1) is 0 Å². The van der Waals surface area contributed by atoms with E-state index in [1.54, 1.807) is 0 Å². The molecule has 0 fully saturated rings. The highest BCUT2D eigenvalue weighted by molar-refractivity contribution is 5.66. The first-order valence-electron chi connectivity index (χ1n) is 9.14. The maximum atomic E-state index is 10.4. The molecule has 0 aromatic heterocycles. The number of hydrogen-bond acceptors (Lipinski definition) is 2. The van der Waals surface area contributed by atoms with Gasteiger partial charge < -0.3 is 9.84 Å². The van der Waals surface area contributed by atoms with Gasteiger partial charge in [0.25, 0.3) is 0 Å². The second-order valence-corrected chi connectivity index (χ2v) is 6.24. The number of aliphatic carboxylic acids is 1. The van der Waals surface area contributed by atoms with Gasteiger partial charge in [-0.2, -0.15) is 0 Å². The van der Waals surface area contributed by atoms with E-state index in [-0.39, 0.29) is 0 Å². The van der Waals surface area contributed by atoms with E-state index in [0.717, 1.165) is 38.5 Å². The lowest BCUT2D eigenvalue weighted by Crippen LogP contribution is -2.09. The zero-order valence-corrected chi connectivity index (χ0v) is 14.3. The third kappa shape index (κ3) is 12.7. The first kappa shape index (κ1) is 19.5. The Kier molecular flexibility index (Phi) is 12.0. The summed E-state index contributed by atoms with van der Waals surface area (Å²) in [6.45, 7) is 0. The summed E-state index contributed by atoms with van der Waals surface area (Å²) in [7, 11) is 0. The SMILES string of the molecule is O=C(O)CCCCCCCC1CCCCC\C=C/C=C\C=C/O1. The minimum Gasteiger partial charge on any atom is -0.498 e. The predicted molar refractivity (Wildman–Crippen MR) is 95.3 cm³/mol. The van der Waals surface area contributed by atoms with Crippen LogP contribution in [0.4, 0.5) is 0 Å². The Morgan fingerprint density at radius 3 is 2.61 bits per heavy atom. The maximum Gasteiger partial charge on any atom is 0.303 e. The van der Waals surface area contributed by atoms with Gasteiger partial charge in [0.2, 0.25) is 0 Å². The second kappa shape index (κ2) is 14.1. The summed E-state index contributed by atoms with van der Waals surface area (Å²) in [5.74, 6) is -0.682. The lowest BCUT2D eigenvalue weighted by molar-refractivity contribution is -0.137. The summed E-state index contributed by atoms with van der Waals surface area (Å²) < 4.78 is 5.88. The van der Waals surface area contributed by atoms with Crippen molar-refractivity contribution in [3.05, 3.63) is 36.6 Å². The minimum atomic E-state index is -0.682. The Bertz CT molecular complexity index is 382. The minimum absolute atomic E-state index is 0.304. The Labute approximate surface area is 141 Å². The summed E-state index contributed by atoms with van der Waals surface area (Å²) in [4.78, 5) is 10.4. The molecule has 1 heterocycles. The van der Waals surface area contributed by atoms with Crippen molar-refractivity contribution in [1.29, 1.82) is 0 Å². The summed E-state index contributed by atoms with van der Waals surface area (Å²) in [5, 5.41) is 8.60. The molecule has 130 valence electrons. The molecule has 0 saturated heterocycles. The van der Waals surface area contributed by atoms with Gasteiger partial charge in [0.15, 0.2) is 0 Å². The highest BCUT2D eigenvalue weighted by atomic mass is 16.5. The number of ether oxygens (including phenoxy) is 1. The van der Waals surface area contributed by atoms with Crippen molar-refractivity contribution >= 4 is 5.97 Å². The smallest absolute Gasteiger partial charge is 0.303 e. The zero-order chi connectivity index (χ0) is 16.6. The van der Waals surface area contributed by atoms with E-state index in [2.05, 4.69) is 12.2 Å². The van der Waals surface area contributed by atoms with Crippen LogP contribution in [0.1, 0.15) is 77.0 Å². The molecule has 1 rings (SSSR count). The maximum absolute atomic E-state index is 10.4. The van der Waals surface area contributed by atoms with Crippen LogP contribution in [0.2, 0.25) is 0 Å². The molecule has 0 saturated carbocycles. The molecule has 0 radical (unpaired) electrons. The van der Waals surface area contributed by atoms with Gasteiger partial charge in [0.1, 0.15) is 0 Å². The molecule has 23 heavy (non-hydrogen) atoms. The molecule has 1 atom stereocenters. The Balaban J connectivity index is 2.18. The Morgan fingerprint density at radius 1 is 0.957 bits per heavy atom. The molecule has 0 aromatic rings. The van der Waals surface area contributed by atoms with Crippen molar-refractivity contribution < 1.29 is 14.6 Å². The molecular weight excluding hydrogens is 288 g/mol. The number of hydrogen-bond donors (Lipinski definition) is 1. The molecule has 0 bridgehead atoms. The van der Waals surface area contributed by atoms with E-state index in [0.29, 0.717) is 12.5 Å². The highest BCUT2D eigenvalue weighted by Crippen LogP contribution is 2.16. The van der Waals surface area contributed by atoms with Crippen LogP contribution in [0.5, 0.6) is 0 Å². The lowest BCUT2D eigenvalue weighted by Gasteiger charge is -2.16. The average Bonchev–Trinajstić information content (AvgIpc) is 2.55. The van der Waals surface area contributed by atoms with E-state index < -0.39 is 5.97 Å². The fourth-order valence-electron chi connectivity index (χ4n) is 2.77. The van der Waals surface area contributed by atoms with Gasteiger partial charge in [0, 0.05) is 6.42 Å². The van der Waals surface area contributed by atoms with Crippen LogP contribution >= 0.6 is 0 Å². The Hall–Kier alpha value is -1.51. The molecule has 1 aliphatic rings. The molecule has 1 unspecified atom stereocenters. The molecule has 0 aromatic carbocycles. The Morgan fingerprint density at radius 2 is 1.74 bits per heavy atom. The molecule has 1 aliphatic heterocycles. The third-order valence-electron chi connectivity index (χ3n) is 4.13. The van der Waals surface area contributed by atoms with Crippen LogP contribution in [0.25, 0.3) is 0 Å². The van der Waals surface area contributed by atoms with Gasteiger partial charge in [0.05, 0.1) is 12.4 Å². The van der Waals surface area contributed by atoms with E-state index in [9.17, 15) is 4.79 Å². The largest absolute Gasteiger partial charge is 0.498 e. The first-order chi connectivity index (χ1) is 11.3. The van der Waals surface area contributed by atoms with Crippen LogP contribution < -0.4 is 0 Å². The highest BCUT2D eigenvalue weighted by Gasteiger charge is 2.08. The van der Waals surface area contributed by atoms with Gasteiger partial charge in [-0.3, -0.25) is 4.79 Å². The zero-order valence-electron chi connectivity index (χ0n) is 14.3. The molecular formula is C20H32O3. The summed E-state index contributed by atoms with van der Waals surface area (Å²) in [6.07, 6.45) is 25.3. The number of carboxylic acid groups (broad SMARTS) is 1. The van der Waals surface area contributed by atoms with Crippen LogP contribution in [-0.2, 0) is 9.53 Å². The van der Waals surface area contributed by atoms with Crippen LogP contribution in [0, 0.1) is 0 Å². The summed E-state index contributed by atoms with van der Waals surface area (Å²) in [5.41, 5.74) is 0. The lowest BCUT2D eigenvalue weighted by atomic mass is 10.0. The van der Waals surface area contributed by atoms with Crippen molar-refractivity contribution in [3.8, 4) is 0 Å². The third-order valence-corrected chi connectivity index (χ3v) is 4.13. The quantitative estimate of drug-likeness (QED) is 0.577. The number of carboxylic acids is 1. The van der Waals surface area contributed by atoms with Gasteiger partial charge in [-0.05, 0) is 51.0 Å². The molecule has 1 N–H and O–H groups in total. The first-order valence-corrected chi connectivity index (χ1v) is 9.14. The van der Waals surface area contributed by atoms with Gasteiger partial charge in [-0.25, -0.2) is 0 Å². The standard InChI is InChI=1S/C20H32O3/c21-20(22)17-13-9-6-8-12-16-19-15-11-7-4-2-1-3-5-10-14-18-23-19/h1,3,5,10,14,18-19H,2,4,6-9,11-13,15-17H2,(H,21,22)/b3-1-,10-5-,18-14-. The van der Waals surface area contributed by atoms with Crippen LogP contribution in [0.3, 0.4) is 0 Å². The number of carbonyl (C=O) groups is 1. The number of unbranched alkanes of at least 4 members (excludes halogenated alkanes) is 4. The second-order valence-electron chi connectivity index (χ2n) is 6.24. The average molecular weight is 320 g/mol. The van der Waals surface area contributed by atoms with Crippen molar-refractivity contribution in [2.24, 2.45) is 0 Å².